The SMILES string of the molecule is C=Cn1cc(CNc2ccccc2COC)cn1. The first kappa shape index (κ1) is 12.4. The quantitative estimate of drug-likeness (QED) is 0.848. The predicted molar refractivity (Wildman–Crippen MR) is 73.1 cm³/mol. The summed E-state index contributed by atoms with van der Waals surface area (Å²) in [5, 5.41) is 7.52. The van der Waals surface area contributed by atoms with E-state index in [9.17, 15) is 0 Å². The molecule has 0 unspecified atom stereocenters. The Morgan fingerprint density at radius 3 is 3.00 bits per heavy atom. The molecule has 1 N–H and O–H groups in total. The first-order valence-electron chi connectivity index (χ1n) is 5.80. The Morgan fingerprint density at radius 2 is 2.28 bits per heavy atom. The summed E-state index contributed by atoms with van der Waals surface area (Å²) in [5.41, 5.74) is 3.35. The summed E-state index contributed by atoms with van der Waals surface area (Å²) in [5.74, 6) is 0. The van der Waals surface area contributed by atoms with E-state index in [0.717, 1.165) is 23.4 Å². The summed E-state index contributed by atoms with van der Waals surface area (Å²) >= 11 is 0. The molecule has 0 radical (unpaired) electrons. The van der Waals surface area contributed by atoms with Gasteiger partial charge in [0.25, 0.3) is 0 Å². The molecule has 0 aliphatic carbocycles. The molecule has 0 aliphatic rings. The number of ether oxygens (including phenoxy) is 1. The van der Waals surface area contributed by atoms with Gasteiger partial charge < -0.3 is 10.1 Å². The fourth-order valence-electron chi connectivity index (χ4n) is 1.74. The molecule has 4 heteroatoms. The average Bonchev–Trinajstić information content (AvgIpc) is 2.86. The number of nitrogens with zero attached hydrogens (tertiary/aromatic N) is 2. The van der Waals surface area contributed by atoms with Crippen molar-refractivity contribution in [2.24, 2.45) is 0 Å². The Balaban J connectivity index is 2.03. The van der Waals surface area contributed by atoms with Crippen molar-refractivity contribution in [3.63, 3.8) is 0 Å². The zero-order chi connectivity index (χ0) is 12.8. The minimum Gasteiger partial charge on any atom is -0.381 e. The van der Waals surface area contributed by atoms with E-state index in [1.165, 1.54) is 0 Å². The lowest BCUT2D eigenvalue weighted by Crippen LogP contribution is -2.02. The zero-order valence-electron chi connectivity index (χ0n) is 10.5. The van der Waals surface area contributed by atoms with Crippen LogP contribution in [0.3, 0.4) is 0 Å². The monoisotopic (exact) mass is 243 g/mol. The smallest absolute Gasteiger partial charge is 0.0733 e. The highest BCUT2D eigenvalue weighted by molar-refractivity contribution is 5.51. The minimum atomic E-state index is 0.606. The lowest BCUT2D eigenvalue weighted by Gasteiger charge is -2.10. The first-order chi connectivity index (χ1) is 8.83. The molecule has 1 heterocycles. The number of hydrogen-bond donors (Lipinski definition) is 1. The van der Waals surface area contributed by atoms with Crippen molar-refractivity contribution in [3.8, 4) is 0 Å². The molecule has 1 aromatic carbocycles. The number of para-hydroxylation sites is 1. The number of methoxy groups -OCH3 is 1. The van der Waals surface area contributed by atoms with Gasteiger partial charge in [-0.2, -0.15) is 5.10 Å². The third kappa shape index (κ3) is 2.99. The predicted octanol–water partition coefficient (Wildman–Crippen LogP) is 2.74. The van der Waals surface area contributed by atoms with Crippen LogP contribution in [0.2, 0.25) is 0 Å². The molecule has 0 spiro atoms. The van der Waals surface area contributed by atoms with E-state index in [-0.39, 0.29) is 0 Å². The Kier molecular flexibility index (Phi) is 4.15. The number of hydrogen-bond acceptors (Lipinski definition) is 3. The van der Waals surface area contributed by atoms with Crippen LogP contribution in [-0.2, 0) is 17.9 Å². The van der Waals surface area contributed by atoms with Crippen LogP contribution in [0.15, 0.2) is 43.2 Å². The van der Waals surface area contributed by atoms with Gasteiger partial charge in [0, 0.05) is 42.9 Å². The van der Waals surface area contributed by atoms with Gasteiger partial charge in [-0.15, -0.1) is 0 Å². The second-order valence-corrected chi connectivity index (χ2v) is 3.95. The fraction of sp³-hybridized carbons (Fsp3) is 0.214. The molecule has 0 bridgehead atoms. The van der Waals surface area contributed by atoms with Crippen molar-refractivity contribution < 1.29 is 4.74 Å². The summed E-state index contributed by atoms with van der Waals surface area (Å²) in [4.78, 5) is 0. The molecule has 0 amide bonds. The molecule has 0 saturated heterocycles. The van der Waals surface area contributed by atoms with Gasteiger partial charge in [0.15, 0.2) is 0 Å². The highest BCUT2D eigenvalue weighted by atomic mass is 16.5. The maximum Gasteiger partial charge on any atom is 0.0733 e. The van der Waals surface area contributed by atoms with E-state index >= 15 is 0 Å². The van der Waals surface area contributed by atoms with Crippen molar-refractivity contribution in [1.29, 1.82) is 0 Å². The maximum atomic E-state index is 5.17. The van der Waals surface area contributed by atoms with Gasteiger partial charge >= 0.3 is 0 Å². The highest BCUT2D eigenvalue weighted by Gasteiger charge is 2.02. The zero-order valence-corrected chi connectivity index (χ0v) is 10.5. The summed E-state index contributed by atoms with van der Waals surface area (Å²) in [7, 11) is 1.70. The normalized spacial score (nSPS) is 10.3. The van der Waals surface area contributed by atoms with E-state index in [2.05, 4.69) is 23.1 Å². The summed E-state index contributed by atoms with van der Waals surface area (Å²) < 4.78 is 6.86. The lowest BCUT2D eigenvalue weighted by atomic mass is 10.2. The average molecular weight is 243 g/mol. The van der Waals surface area contributed by atoms with Crippen LogP contribution in [0, 0.1) is 0 Å². The van der Waals surface area contributed by atoms with Crippen molar-refractivity contribution in [1.82, 2.24) is 9.78 Å². The van der Waals surface area contributed by atoms with Crippen LogP contribution in [0.25, 0.3) is 6.20 Å². The van der Waals surface area contributed by atoms with Gasteiger partial charge in [0.1, 0.15) is 0 Å². The molecule has 18 heavy (non-hydrogen) atoms. The second kappa shape index (κ2) is 6.02. The van der Waals surface area contributed by atoms with E-state index in [1.54, 1.807) is 18.0 Å². The molecule has 1 aromatic heterocycles. The third-order valence-corrected chi connectivity index (χ3v) is 2.64. The van der Waals surface area contributed by atoms with Gasteiger partial charge in [0.05, 0.1) is 12.8 Å². The minimum absolute atomic E-state index is 0.606. The Hall–Kier alpha value is -2.07. The molecule has 94 valence electrons. The fourth-order valence-corrected chi connectivity index (χ4v) is 1.74. The number of aromatic nitrogens is 2. The van der Waals surface area contributed by atoms with Crippen molar-refractivity contribution in [2.45, 2.75) is 13.2 Å². The van der Waals surface area contributed by atoms with E-state index in [1.807, 2.05) is 30.6 Å². The molecule has 0 aliphatic heterocycles. The van der Waals surface area contributed by atoms with Gasteiger partial charge in [-0.05, 0) is 6.07 Å². The van der Waals surface area contributed by atoms with Gasteiger partial charge in [-0.1, -0.05) is 24.8 Å². The van der Waals surface area contributed by atoms with Gasteiger partial charge in [0.2, 0.25) is 0 Å². The maximum absolute atomic E-state index is 5.17. The number of anilines is 1. The molecule has 2 aromatic rings. The number of nitrogens with one attached hydrogen (secondary N) is 1. The summed E-state index contributed by atoms with van der Waals surface area (Å²) in [6.45, 7) is 5.00. The van der Waals surface area contributed by atoms with Crippen molar-refractivity contribution >= 4 is 11.9 Å². The van der Waals surface area contributed by atoms with Crippen molar-refractivity contribution in [2.75, 3.05) is 12.4 Å². The van der Waals surface area contributed by atoms with Crippen LogP contribution in [0.5, 0.6) is 0 Å². The molecular weight excluding hydrogens is 226 g/mol. The molecular formula is C14H17N3O. The van der Waals surface area contributed by atoms with Crippen LogP contribution < -0.4 is 5.32 Å². The standard InChI is InChI=1S/C14H17N3O/c1-3-17-10-12(9-16-17)8-15-14-7-5-4-6-13(14)11-18-2/h3-7,9-10,15H,1,8,11H2,2H3. The Labute approximate surface area is 107 Å². The van der Waals surface area contributed by atoms with Crippen molar-refractivity contribution in [3.05, 3.63) is 54.4 Å². The van der Waals surface area contributed by atoms with Gasteiger partial charge in [-0.25, -0.2) is 4.68 Å². The van der Waals surface area contributed by atoms with E-state index in [0.29, 0.717) is 6.61 Å². The Morgan fingerprint density at radius 1 is 1.44 bits per heavy atom. The Bertz CT molecular complexity index is 519. The van der Waals surface area contributed by atoms with Crippen LogP contribution >= 0.6 is 0 Å². The second-order valence-electron chi connectivity index (χ2n) is 3.95. The van der Waals surface area contributed by atoms with Crippen LogP contribution in [0.1, 0.15) is 11.1 Å². The lowest BCUT2D eigenvalue weighted by molar-refractivity contribution is 0.185. The molecule has 0 saturated carbocycles. The largest absolute Gasteiger partial charge is 0.381 e. The number of rotatable bonds is 6. The van der Waals surface area contributed by atoms with E-state index in [4.69, 9.17) is 4.74 Å². The summed E-state index contributed by atoms with van der Waals surface area (Å²) in [6, 6.07) is 8.12. The topological polar surface area (TPSA) is 39.1 Å². The number of benzene rings is 1. The first-order valence-corrected chi connectivity index (χ1v) is 5.80. The highest BCUT2D eigenvalue weighted by Crippen LogP contribution is 2.16. The molecule has 2 rings (SSSR count). The molecule has 4 nitrogen and oxygen atoms in total. The van der Waals surface area contributed by atoms with Crippen LogP contribution in [-0.4, -0.2) is 16.9 Å². The van der Waals surface area contributed by atoms with Crippen LogP contribution in [0.4, 0.5) is 5.69 Å². The molecule has 0 atom stereocenters. The summed E-state index contributed by atoms with van der Waals surface area (Å²) in [6.07, 6.45) is 5.44. The third-order valence-electron chi connectivity index (χ3n) is 2.64. The van der Waals surface area contributed by atoms with E-state index < -0.39 is 0 Å². The molecule has 0 fully saturated rings. The van der Waals surface area contributed by atoms with Gasteiger partial charge in [-0.3, -0.25) is 0 Å².